The molecule has 4 nitrogen and oxygen atoms in total. The van der Waals surface area contributed by atoms with E-state index in [0.29, 0.717) is 19.4 Å². The van der Waals surface area contributed by atoms with E-state index in [2.05, 4.69) is 17.4 Å². The first-order valence-electron chi connectivity index (χ1n) is 7.86. The Hall–Kier alpha value is -2.10. The Morgan fingerprint density at radius 2 is 1.73 bits per heavy atom. The molecule has 1 aromatic rings. The maximum Gasteiger partial charge on any atom is 0.224 e. The molecule has 0 fully saturated rings. The molecule has 0 aromatic heterocycles. The number of benzene rings is 1. The van der Waals surface area contributed by atoms with Crippen molar-refractivity contribution in [3.8, 4) is 0 Å². The highest BCUT2D eigenvalue weighted by molar-refractivity contribution is 5.84. The van der Waals surface area contributed by atoms with E-state index >= 15 is 0 Å². The van der Waals surface area contributed by atoms with Gasteiger partial charge in [0.25, 0.3) is 0 Å². The number of aliphatic carboxylic acids is 1. The molecule has 0 radical (unpaired) electrons. The van der Waals surface area contributed by atoms with Gasteiger partial charge in [0.05, 0.1) is 0 Å². The fourth-order valence-corrected chi connectivity index (χ4v) is 2.81. The molecule has 1 aromatic carbocycles. The predicted molar refractivity (Wildman–Crippen MR) is 82.8 cm³/mol. The molecule has 0 heterocycles. The van der Waals surface area contributed by atoms with Gasteiger partial charge in [-0.1, -0.05) is 42.5 Å². The van der Waals surface area contributed by atoms with Crippen molar-refractivity contribution in [2.24, 2.45) is 11.8 Å². The van der Waals surface area contributed by atoms with E-state index < -0.39 is 17.8 Å². The van der Waals surface area contributed by atoms with Gasteiger partial charge < -0.3 is 15.2 Å². The number of carboxylic acids is 1. The first kappa shape index (κ1) is 16.3. The van der Waals surface area contributed by atoms with Crippen LogP contribution < -0.4 is 10.4 Å². The van der Waals surface area contributed by atoms with E-state index in [4.69, 9.17) is 0 Å². The average Bonchev–Trinajstić information content (AvgIpc) is 2.55. The summed E-state index contributed by atoms with van der Waals surface area (Å²) in [6.45, 7) is 0.589. The standard InChI is InChI=1S/C18H23NO3/c20-17(15-11-4-5-12-16(15)18(21)22)19-13-7-6-10-14-8-2-1-3-9-14/h1-5,8-9,15-16H,6-7,10-13H2,(H,19,20)(H,21,22)/p-1/t15-,16-/m0/s1. The van der Waals surface area contributed by atoms with Crippen molar-refractivity contribution in [2.75, 3.05) is 6.54 Å². The van der Waals surface area contributed by atoms with Gasteiger partial charge in [0.2, 0.25) is 5.91 Å². The molecule has 0 saturated carbocycles. The number of nitrogens with one attached hydrogen (secondary N) is 1. The van der Waals surface area contributed by atoms with E-state index in [1.54, 1.807) is 0 Å². The zero-order valence-corrected chi connectivity index (χ0v) is 12.7. The highest BCUT2D eigenvalue weighted by atomic mass is 16.4. The molecule has 2 rings (SSSR count). The van der Waals surface area contributed by atoms with Crippen molar-refractivity contribution in [2.45, 2.75) is 32.1 Å². The fraction of sp³-hybridized carbons (Fsp3) is 0.444. The molecule has 1 aliphatic carbocycles. The summed E-state index contributed by atoms with van der Waals surface area (Å²) in [6, 6.07) is 10.2. The quantitative estimate of drug-likeness (QED) is 0.612. The van der Waals surface area contributed by atoms with E-state index in [-0.39, 0.29) is 5.91 Å². The third kappa shape index (κ3) is 4.72. The van der Waals surface area contributed by atoms with E-state index in [0.717, 1.165) is 19.3 Å². The number of rotatable bonds is 7. The number of carbonyl (C=O) groups is 2. The zero-order valence-electron chi connectivity index (χ0n) is 12.7. The molecule has 0 unspecified atom stereocenters. The van der Waals surface area contributed by atoms with E-state index in [1.807, 2.05) is 30.4 Å². The van der Waals surface area contributed by atoms with Crippen molar-refractivity contribution in [1.82, 2.24) is 5.32 Å². The number of carbonyl (C=O) groups excluding carboxylic acids is 2. The lowest BCUT2D eigenvalue weighted by Crippen LogP contribution is -2.43. The van der Waals surface area contributed by atoms with Crippen molar-refractivity contribution in [3.05, 3.63) is 48.0 Å². The summed E-state index contributed by atoms with van der Waals surface area (Å²) in [5, 5.41) is 13.9. The lowest BCUT2D eigenvalue weighted by atomic mass is 9.82. The Morgan fingerprint density at radius 1 is 1.05 bits per heavy atom. The van der Waals surface area contributed by atoms with Crippen LogP contribution in [-0.2, 0) is 16.0 Å². The number of amides is 1. The molecule has 1 aliphatic rings. The molecule has 0 aliphatic heterocycles. The van der Waals surface area contributed by atoms with Gasteiger partial charge in [0.1, 0.15) is 0 Å². The Kier molecular flexibility index (Phi) is 6.19. The Morgan fingerprint density at radius 3 is 2.41 bits per heavy atom. The topological polar surface area (TPSA) is 69.2 Å². The molecule has 118 valence electrons. The summed E-state index contributed by atoms with van der Waals surface area (Å²) in [5.41, 5.74) is 1.29. The molecule has 4 heteroatoms. The second-order valence-corrected chi connectivity index (χ2v) is 5.71. The number of carboxylic acid groups (broad SMARTS) is 1. The smallest absolute Gasteiger partial charge is 0.224 e. The van der Waals surface area contributed by atoms with Gasteiger partial charge in [-0.15, -0.1) is 0 Å². The van der Waals surface area contributed by atoms with Crippen molar-refractivity contribution in [3.63, 3.8) is 0 Å². The number of allylic oxidation sites excluding steroid dienone is 2. The summed E-state index contributed by atoms with van der Waals surface area (Å²) in [6.07, 6.45) is 7.43. The van der Waals surface area contributed by atoms with Gasteiger partial charge in [-0.3, -0.25) is 4.79 Å². The Balaban J connectivity index is 1.69. The van der Waals surface area contributed by atoms with Crippen molar-refractivity contribution in [1.29, 1.82) is 0 Å². The largest absolute Gasteiger partial charge is 0.550 e. The first-order chi connectivity index (χ1) is 10.7. The maximum absolute atomic E-state index is 12.1. The van der Waals surface area contributed by atoms with Crippen LogP contribution in [0.25, 0.3) is 0 Å². The first-order valence-corrected chi connectivity index (χ1v) is 7.86. The van der Waals surface area contributed by atoms with Crippen LogP contribution in [0, 0.1) is 11.8 Å². The Bertz CT molecular complexity index is 524. The van der Waals surface area contributed by atoms with Crippen LogP contribution in [0.5, 0.6) is 0 Å². The lowest BCUT2D eigenvalue weighted by Gasteiger charge is -2.28. The highest BCUT2D eigenvalue weighted by Gasteiger charge is 2.29. The van der Waals surface area contributed by atoms with Crippen LogP contribution in [0.2, 0.25) is 0 Å². The van der Waals surface area contributed by atoms with Crippen molar-refractivity contribution >= 4 is 11.9 Å². The normalized spacial score (nSPS) is 20.5. The second-order valence-electron chi connectivity index (χ2n) is 5.71. The molecule has 2 atom stereocenters. The minimum Gasteiger partial charge on any atom is -0.550 e. The summed E-state index contributed by atoms with van der Waals surface area (Å²) in [7, 11) is 0. The fourth-order valence-electron chi connectivity index (χ4n) is 2.81. The molecule has 0 spiro atoms. The minimum absolute atomic E-state index is 0.168. The summed E-state index contributed by atoms with van der Waals surface area (Å²) < 4.78 is 0. The number of hydrogen-bond acceptors (Lipinski definition) is 3. The molecule has 1 N–H and O–H groups in total. The highest BCUT2D eigenvalue weighted by Crippen LogP contribution is 2.25. The summed E-state index contributed by atoms with van der Waals surface area (Å²) >= 11 is 0. The number of unbranched alkanes of at least 4 members (excludes halogenated alkanes) is 1. The van der Waals surface area contributed by atoms with Crippen LogP contribution in [0.3, 0.4) is 0 Å². The number of aryl methyl sites for hydroxylation is 1. The maximum atomic E-state index is 12.1. The van der Waals surface area contributed by atoms with Gasteiger partial charge in [-0.2, -0.15) is 0 Å². The van der Waals surface area contributed by atoms with Crippen LogP contribution in [0.15, 0.2) is 42.5 Å². The van der Waals surface area contributed by atoms with Gasteiger partial charge in [-0.25, -0.2) is 0 Å². The van der Waals surface area contributed by atoms with E-state index in [9.17, 15) is 14.7 Å². The zero-order chi connectivity index (χ0) is 15.8. The van der Waals surface area contributed by atoms with Crippen LogP contribution >= 0.6 is 0 Å². The SMILES string of the molecule is O=C([O-])[C@H]1CC=CC[C@@H]1C(=O)NCCCCc1ccccc1. The van der Waals surface area contributed by atoms with E-state index in [1.165, 1.54) is 5.56 Å². The Labute approximate surface area is 131 Å². The van der Waals surface area contributed by atoms with Crippen LogP contribution in [-0.4, -0.2) is 18.4 Å². The minimum atomic E-state index is -1.13. The van der Waals surface area contributed by atoms with Crippen LogP contribution in [0.4, 0.5) is 0 Å². The predicted octanol–water partition coefficient (Wildman–Crippen LogP) is 1.46. The van der Waals surface area contributed by atoms with Gasteiger partial charge in [-0.05, 0) is 37.7 Å². The second kappa shape index (κ2) is 8.37. The molecule has 0 saturated heterocycles. The van der Waals surface area contributed by atoms with Crippen LogP contribution in [0.1, 0.15) is 31.2 Å². The van der Waals surface area contributed by atoms with Gasteiger partial charge in [0, 0.05) is 24.3 Å². The van der Waals surface area contributed by atoms with Gasteiger partial charge in [0.15, 0.2) is 0 Å². The summed E-state index contributed by atoms with van der Waals surface area (Å²) in [4.78, 5) is 23.2. The third-order valence-corrected chi connectivity index (χ3v) is 4.11. The molecular formula is C18H22NO3-. The molecule has 0 bridgehead atoms. The lowest BCUT2D eigenvalue weighted by molar-refractivity contribution is -0.313. The molecule has 1 amide bonds. The molecular weight excluding hydrogens is 278 g/mol. The average molecular weight is 300 g/mol. The monoisotopic (exact) mass is 300 g/mol. The molecule has 22 heavy (non-hydrogen) atoms. The third-order valence-electron chi connectivity index (χ3n) is 4.11. The number of hydrogen-bond donors (Lipinski definition) is 1. The summed E-state index contributed by atoms with van der Waals surface area (Å²) in [5.74, 6) is -2.50. The van der Waals surface area contributed by atoms with Crippen molar-refractivity contribution < 1.29 is 14.7 Å². The van der Waals surface area contributed by atoms with Gasteiger partial charge >= 0.3 is 0 Å².